The Bertz CT molecular complexity index is 2110. The minimum atomic E-state index is -1.98. The Morgan fingerprint density at radius 3 is 1.17 bits per heavy atom. The Morgan fingerprint density at radius 2 is 0.729 bits per heavy atom. The van der Waals surface area contributed by atoms with Crippen molar-refractivity contribution in [1.29, 1.82) is 0 Å². The van der Waals surface area contributed by atoms with E-state index in [-0.39, 0.29) is 18.9 Å². The zero-order valence-corrected chi connectivity index (χ0v) is 58.8. The van der Waals surface area contributed by atoms with Crippen LogP contribution in [0.25, 0.3) is 0 Å². The summed E-state index contributed by atoms with van der Waals surface area (Å²) < 4.78 is 34.3. The maximum absolute atomic E-state index is 13.4. The molecule has 0 saturated carbocycles. The van der Waals surface area contributed by atoms with E-state index in [1.165, 1.54) is 141 Å². The summed E-state index contributed by atoms with van der Waals surface area (Å²) >= 11 is 0. The first-order chi connectivity index (χ1) is 46.8. The Labute approximate surface area is 577 Å². The summed E-state index contributed by atoms with van der Waals surface area (Å²) in [5, 5.41) is 120. The molecule has 3 aliphatic rings. The molecule has 0 aliphatic carbocycles. The molecular weight excluding hydrogens is 1230 g/mol. The van der Waals surface area contributed by atoms with Gasteiger partial charge in [-0.05, 0) is 83.5 Å². The van der Waals surface area contributed by atoms with Gasteiger partial charge >= 0.3 is 0 Å². The third-order valence-corrected chi connectivity index (χ3v) is 18.1. The van der Waals surface area contributed by atoms with Gasteiger partial charge in [-0.2, -0.15) is 0 Å². The van der Waals surface area contributed by atoms with Crippen molar-refractivity contribution in [2.75, 3.05) is 26.4 Å². The second kappa shape index (κ2) is 57.3. The molecule has 17 unspecified atom stereocenters. The second-order valence-electron chi connectivity index (χ2n) is 26.4. The van der Waals surface area contributed by atoms with Crippen LogP contribution in [0.1, 0.15) is 251 Å². The number of allylic oxidation sites excluding steroid dienone is 15. The quantitative estimate of drug-likeness (QED) is 0.0199. The van der Waals surface area contributed by atoms with Gasteiger partial charge in [-0.25, -0.2) is 0 Å². The molecule has 3 fully saturated rings. The molecule has 17 atom stereocenters. The average molecular weight is 1360 g/mol. The maximum Gasteiger partial charge on any atom is 0.220 e. The molecular formula is C77H133NO18. The Kier molecular flexibility index (Phi) is 51.9. The van der Waals surface area contributed by atoms with Crippen molar-refractivity contribution in [2.24, 2.45) is 0 Å². The lowest BCUT2D eigenvalue weighted by Crippen LogP contribution is -2.66. The molecule has 0 aromatic rings. The van der Waals surface area contributed by atoms with Gasteiger partial charge in [0.1, 0.15) is 73.2 Å². The number of carbonyl (C=O) groups is 1. The lowest BCUT2D eigenvalue weighted by atomic mass is 9.96. The molecule has 12 N–H and O–H groups in total. The molecule has 3 saturated heterocycles. The molecule has 1 amide bonds. The molecule has 19 heteroatoms. The van der Waals surface area contributed by atoms with Crippen molar-refractivity contribution in [3.63, 3.8) is 0 Å². The average Bonchev–Trinajstić information content (AvgIpc) is 0.849. The number of ether oxygens (including phenoxy) is 6. The zero-order valence-electron chi connectivity index (χ0n) is 58.8. The third-order valence-electron chi connectivity index (χ3n) is 18.1. The number of aliphatic hydroxyl groups excluding tert-OH is 11. The van der Waals surface area contributed by atoms with Crippen molar-refractivity contribution in [3.05, 3.63) is 97.2 Å². The fraction of sp³-hybridized carbons (Fsp3) is 0.779. The third kappa shape index (κ3) is 37.9. The molecule has 0 aromatic carbocycles. The van der Waals surface area contributed by atoms with E-state index in [0.717, 1.165) is 77.0 Å². The van der Waals surface area contributed by atoms with E-state index >= 15 is 0 Å². The summed E-state index contributed by atoms with van der Waals surface area (Å²) in [5.41, 5.74) is 0. The summed E-state index contributed by atoms with van der Waals surface area (Å²) in [7, 11) is 0. The first-order valence-electron chi connectivity index (χ1n) is 37.5. The molecule has 0 bridgehead atoms. The van der Waals surface area contributed by atoms with Crippen molar-refractivity contribution < 1.29 is 89.4 Å². The van der Waals surface area contributed by atoms with Crippen molar-refractivity contribution >= 4 is 5.91 Å². The topological polar surface area (TPSA) is 307 Å². The maximum atomic E-state index is 13.4. The lowest BCUT2D eigenvalue weighted by Gasteiger charge is -2.48. The van der Waals surface area contributed by atoms with Gasteiger partial charge in [0, 0.05) is 6.42 Å². The smallest absolute Gasteiger partial charge is 0.220 e. The molecule has 0 radical (unpaired) electrons. The first-order valence-corrected chi connectivity index (χ1v) is 37.5. The Morgan fingerprint density at radius 1 is 0.385 bits per heavy atom. The summed E-state index contributed by atoms with van der Waals surface area (Å²) in [6.45, 7) is 1.55. The highest BCUT2D eigenvalue weighted by Gasteiger charge is 2.53. The molecule has 3 aliphatic heterocycles. The van der Waals surface area contributed by atoms with Crippen LogP contribution in [0.15, 0.2) is 97.2 Å². The number of hydrogen-bond acceptors (Lipinski definition) is 18. The van der Waals surface area contributed by atoms with Crippen LogP contribution >= 0.6 is 0 Å². The molecule has 19 nitrogen and oxygen atoms in total. The predicted molar refractivity (Wildman–Crippen MR) is 378 cm³/mol. The summed E-state index contributed by atoms with van der Waals surface area (Å²) in [6, 6.07) is -0.990. The molecule has 0 spiro atoms. The second-order valence-corrected chi connectivity index (χ2v) is 26.4. The monoisotopic (exact) mass is 1360 g/mol. The van der Waals surface area contributed by atoms with Gasteiger partial charge in [0.15, 0.2) is 18.9 Å². The zero-order chi connectivity index (χ0) is 69.6. The van der Waals surface area contributed by atoms with Crippen LogP contribution < -0.4 is 5.32 Å². The van der Waals surface area contributed by atoms with Crippen LogP contribution in [0, 0.1) is 0 Å². The van der Waals surface area contributed by atoms with Gasteiger partial charge in [0.05, 0.1) is 38.6 Å². The molecule has 0 aromatic heterocycles. The standard InChI is InChI=1S/C77H133NO18/c1-3-5-7-9-11-13-15-16-17-18-19-20-21-22-23-24-25-26-27-28-29-30-31-32-33-34-35-36-37-38-39-40-41-42-43-44-45-47-49-51-53-55-65(83)78-60(61(82)54-52-50-48-46-14-12-10-8-6-4-2)59-91-75-71(89)68(86)73(63(57-80)93-75)96-77-72(90)69(87)74(64(58-81)94-77)95-76-70(88)67(85)66(84)62(56-79)92-76/h5,7,11,13-14,16-17,19-20,22-23,25-26,46,52,54,60-64,66-77,79-82,84-90H,3-4,6,8-10,12,15,18,21,24,27-45,47-51,53,55-59H2,1-2H3,(H,78,83)/b7-5-,13-11-,17-16-,20-19-,23-22-,26-25-,46-14+,54-52+. The van der Waals surface area contributed by atoms with E-state index in [9.17, 15) is 61.0 Å². The number of hydrogen-bond donors (Lipinski definition) is 12. The van der Waals surface area contributed by atoms with Crippen LogP contribution in [0.4, 0.5) is 0 Å². The lowest BCUT2D eigenvalue weighted by molar-refractivity contribution is -0.379. The van der Waals surface area contributed by atoms with E-state index in [1.807, 2.05) is 6.08 Å². The molecule has 96 heavy (non-hydrogen) atoms. The van der Waals surface area contributed by atoms with E-state index in [4.69, 9.17) is 28.4 Å². The minimum absolute atomic E-state index is 0.234. The summed E-state index contributed by atoms with van der Waals surface area (Å²) in [6.07, 6.45) is 50.2. The highest BCUT2D eigenvalue weighted by molar-refractivity contribution is 5.76. The van der Waals surface area contributed by atoms with Gasteiger partial charge in [-0.3, -0.25) is 4.79 Å². The largest absolute Gasteiger partial charge is 0.394 e. The number of carbonyl (C=O) groups excluding carboxylic acids is 1. The fourth-order valence-electron chi connectivity index (χ4n) is 12.1. The van der Waals surface area contributed by atoms with Gasteiger partial charge in [0.25, 0.3) is 0 Å². The Balaban J connectivity index is 1.26. The van der Waals surface area contributed by atoms with Crippen molar-refractivity contribution in [2.45, 2.75) is 356 Å². The van der Waals surface area contributed by atoms with Crippen molar-refractivity contribution in [1.82, 2.24) is 5.32 Å². The van der Waals surface area contributed by atoms with Gasteiger partial charge < -0.3 is 89.9 Å². The van der Waals surface area contributed by atoms with Gasteiger partial charge in [-0.1, -0.05) is 259 Å². The van der Waals surface area contributed by atoms with E-state index in [2.05, 4.69) is 104 Å². The van der Waals surface area contributed by atoms with E-state index in [1.54, 1.807) is 6.08 Å². The SMILES string of the molecule is CC/C=C\C/C=C\C/C=C\C/C=C\C/C=C\C/C=C\CCCCCCCCCCCCCCCCCCCCCCCCC(=O)NC(COC1OC(CO)C(OC2OC(CO)C(OC3OC(CO)C(O)C(O)C3O)C(O)C2O)C(O)C1O)C(O)/C=C/CC/C=C/CCCCCC. The van der Waals surface area contributed by atoms with Crippen LogP contribution in [0.2, 0.25) is 0 Å². The number of amides is 1. The van der Waals surface area contributed by atoms with E-state index in [0.29, 0.717) is 12.8 Å². The van der Waals surface area contributed by atoms with Gasteiger partial charge in [0.2, 0.25) is 5.91 Å². The molecule has 3 heterocycles. The van der Waals surface area contributed by atoms with Crippen LogP contribution in [0.5, 0.6) is 0 Å². The number of rotatable bonds is 57. The predicted octanol–water partition coefficient (Wildman–Crippen LogP) is 11.2. The first kappa shape index (κ1) is 86.9. The number of unbranched alkanes of at least 4 members (excludes halogenated alkanes) is 27. The minimum Gasteiger partial charge on any atom is -0.394 e. The van der Waals surface area contributed by atoms with E-state index < -0.39 is 124 Å². The molecule has 3 rings (SSSR count). The normalized spacial score (nSPS) is 27.6. The summed E-state index contributed by atoms with van der Waals surface area (Å²) in [4.78, 5) is 13.4. The number of nitrogens with one attached hydrogen (secondary N) is 1. The fourth-order valence-corrected chi connectivity index (χ4v) is 12.1. The molecule has 554 valence electrons. The van der Waals surface area contributed by atoms with Crippen LogP contribution in [-0.2, 0) is 33.2 Å². The highest BCUT2D eigenvalue weighted by atomic mass is 16.8. The van der Waals surface area contributed by atoms with Crippen LogP contribution in [0.3, 0.4) is 0 Å². The van der Waals surface area contributed by atoms with Crippen molar-refractivity contribution in [3.8, 4) is 0 Å². The van der Waals surface area contributed by atoms with Crippen LogP contribution in [-0.4, -0.2) is 193 Å². The summed E-state index contributed by atoms with van der Waals surface area (Å²) in [5.74, 6) is -0.287. The van der Waals surface area contributed by atoms with Gasteiger partial charge in [-0.15, -0.1) is 0 Å². The Hall–Kier alpha value is -3.29. The number of aliphatic hydroxyl groups is 11. The highest BCUT2D eigenvalue weighted by Crippen LogP contribution is 2.33.